The van der Waals surface area contributed by atoms with E-state index >= 15 is 0 Å². The molecule has 20 heavy (non-hydrogen) atoms. The standard InChI is InChI=1S/C18H17NO/c1-2-15(16-10-8-14(13-19)9-11-16)12-18(20)17-6-4-3-5-7-17/h3-11,15H,2,12H2,1H3. The molecule has 0 saturated carbocycles. The molecule has 0 aliphatic carbocycles. The Balaban J connectivity index is 2.12. The van der Waals surface area contributed by atoms with Gasteiger partial charge in [-0.1, -0.05) is 49.4 Å². The van der Waals surface area contributed by atoms with Gasteiger partial charge in [-0.05, 0) is 30.0 Å². The van der Waals surface area contributed by atoms with Crippen molar-refractivity contribution in [2.45, 2.75) is 25.7 Å². The van der Waals surface area contributed by atoms with Gasteiger partial charge in [-0.25, -0.2) is 0 Å². The normalized spacial score (nSPS) is 11.6. The van der Waals surface area contributed by atoms with Gasteiger partial charge in [0.1, 0.15) is 0 Å². The molecule has 2 aromatic carbocycles. The maximum Gasteiger partial charge on any atom is 0.163 e. The van der Waals surface area contributed by atoms with Gasteiger partial charge in [0.2, 0.25) is 0 Å². The maximum atomic E-state index is 12.3. The largest absolute Gasteiger partial charge is 0.294 e. The molecule has 100 valence electrons. The van der Waals surface area contributed by atoms with E-state index in [0.717, 1.165) is 17.5 Å². The van der Waals surface area contributed by atoms with Gasteiger partial charge in [0.15, 0.2) is 5.78 Å². The van der Waals surface area contributed by atoms with Gasteiger partial charge in [-0.15, -0.1) is 0 Å². The molecule has 2 heteroatoms. The van der Waals surface area contributed by atoms with Crippen molar-refractivity contribution in [2.24, 2.45) is 0 Å². The van der Waals surface area contributed by atoms with E-state index in [1.54, 1.807) is 0 Å². The smallest absolute Gasteiger partial charge is 0.163 e. The molecule has 0 aliphatic heterocycles. The predicted octanol–water partition coefficient (Wildman–Crippen LogP) is 4.32. The summed E-state index contributed by atoms with van der Waals surface area (Å²) in [5.74, 6) is 0.372. The summed E-state index contributed by atoms with van der Waals surface area (Å²) in [5.41, 5.74) is 2.54. The van der Waals surface area contributed by atoms with Crippen LogP contribution in [0.4, 0.5) is 0 Å². The van der Waals surface area contributed by atoms with E-state index in [2.05, 4.69) is 13.0 Å². The first kappa shape index (κ1) is 14.0. The summed E-state index contributed by atoms with van der Waals surface area (Å²) in [7, 11) is 0. The van der Waals surface area contributed by atoms with Crippen LogP contribution in [0.1, 0.15) is 47.2 Å². The Labute approximate surface area is 119 Å². The predicted molar refractivity (Wildman–Crippen MR) is 79.6 cm³/mol. The second kappa shape index (κ2) is 6.68. The lowest BCUT2D eigenvalue weighted by Crippen LogP contribution is -2.07. The van der Waals surface area contributed by atoms with Crippen LogP contribution in [0.25, 0.3) is 0 Å². The van der Waals surface area contributed by atoms with Crippen molar-refractivity contribution in [1.29, 1.82) is 5.26 Å². The van der Waals surface area contributed by atoms with Crippen molar-refractivity contribution in [3.8, 4) is 6.07 Å². The zero-order chi connectivity index (χ0) is 14.4. The molecule has 0 heterocycles. The molecule has 0 fully saturated rings. The average Bonchev–Trinajstić information content (AvgIpc) is 2.53. The fraction of sp³-hybridized carbons (Fsp3) is 0.222. The molecular weight excluding hydrogens is 246 g/mol. The summed E-state index contributed by atoms with van der Waals surface area (Å²) in [5, 5.41) is 8.81. The monoisotopic (exact) mass is 263 g/mol. The first-order valence-corrected chi connectivity index (χ1v) is 6.83. The van der Waals surface area contributed by atoms with E-state index in [-0.39, 0.29) is 11.7 Å². The Morgan fingerprint density at radius 2 is 1.75 bits per heavy atom. The van der Waals surface area contributed by atoms with E-state index in [4.69, 9.17) is 5.26 Å². The highest BCUT2D eigenvalue weighted by Gasteiger charge is 2.15. The Morgan fingerprint density at radius 3 is 2.30 bits per heavy atom. The Bertz CT molecular complexity index is 608. The van der Waals surface area contributed by atoms with Crippen molar-refractivity contribution in [3.63, 3.8) is 0 Å². The van der Waals surface area contributed by atoms with Gasteiger partial charge >= 0.3 is 0 Å². The fourth-order valence-electron chi connectivity index (χ4n) is 2.29. The topological polar surface area (TPSA) is 40.9 Å². The Kier molecular flexibility index (Phi) is 4.68. The van der Waals surface area contributed by atoms with Crippen LogP contribution in [0.5, 0.6) is 0 Å². The highest BCUT2D eigenvalue weighted by atomic mass is 16.1. The third kappa shape index (κ3) is 3.33. The lowest BCUT2D eigenvalue weighted by molar-refractivity contribution is 0.0973. The van der Waals surface area contributed by atoms with Crippen LogP contribution in [-0.2, 0) is 0 Å². The zero-order valence-electron chi connectivity index (χ0n) is 11.5. The van der Waals surface area contributed by atoms with Gasteiger partial charge in [0, 0.05) is 12.0 Å². The molecule has 0 spiro atoms. The lowest BCUT2D eigenvalue weighted by Gasteiger charge is -2.14. The highest BCUT2D eigenvalue weighted by molar-refractivity contribution is 5.96. The van der Waals surface area contributed by atoms with Crippen LogP contribution < -0.4 is 0 Å². The summed E-state index contributed by atoms with van der Waals surface area (Å²) in [6.45, 7) is 2.08. The van der Waals surface area contributed by atoms with E-state index < -0.39 is 0 Å². The molecule has 2 nitrogen and oxygen atoms in total. The average molecular weight is 263 g/mol. The molecule has 1 unspecified atom stereocenters. The Hall–Kier alpha value is -2.40. The summed E-state index contributed by atoms with van der Waals surface area (Å²) in [4.78, 5) is 12.3. The van der Waals surface area contributed by atoms with Gasteiger partial charge in [0.05, 0.1) is 11.6 Å². The first-order valence-electron chi connectivity index (χ1n) is 6.83. The molecule has 0 N–H and O–H groups in total. The molecular formula is C18H17NO. The number of nitriles is 1. The van der Waals surface area contributed by atoms with Crippen molar-refractivity contribution in [3.05, 3.63) is 71.3 Å². The minimum Gasteiger partial charge on any atom is -0.294 e. The molecule has 2 rings (SSSR count). The first-order chi connectivity index (χ1) is 9.74. The third-order valence-electron chi connectivity index (χ3n) is 3.53. The molecule has 0 saturated heterocycles. The molecule has 0 radical (unpaired) electrons. The van der Waals surface area contributed by atoms with Crippen LogP contribution in [0.2, 0.25) is 0 Å². The van der Waals surface area contributed by atoms with Crippen LogP contribution >= 0.6 is 0 Å². The van der Waals surface area contributed by atoms with Gasteiger partial charge in [-0.2, -0.15) is 5.26 Å². The van der Waals surface area contributed by atoms with E-state index in [0.29, 0.717) is 12.0 Å². The fourth-order valence-corrected chi connectivity index (χ4v) is 2.29. The number of benzene rings is 2. The minimum atomic E-state index is 0.168. The molecule has 1 atom stereocenters. The highest BCUT2D eigenvalue weighted by Crippen LogP contribution is 2.25. The van der Waals surface area contributed by atoms with Crippen LogP contribution in [-0.4, -0.2) is 5.78 Å². The second-order valence-electron chi connectivity index (χ2n) is 4.83. The van der Waals surface area contributed by atoms with Crippen LogP contribution in [0, 0.1) is 11.3 Å². The lowest BCUT2D eigenvalue weighted by atomic mass is 9.89. The van der Waals surface area contributed by atoms with Crippen LogP contribution in [0.15, 0.2) is 54.6 Å². The number of carbonyl (C=O) groups is 1. The quantitative estimate of drug-likeness (QED) is 0.753. The van der Waals surface area contributed by atoms with Crippen molar-refractivity contribution >= 4 is 5.78 Å². The number of hydrogen-bond acceptors (Lipinski definition) is 2. The number of carbonyl (C=O) groups excluding carboxylic acids is 1. The maximum absolute atomic E-state index is 12.3. The SMILES string of the molecule is CCC(CC(=O)c1ccccc1)c1ccc(C#N)cc1. The van der Waals surface area contributed by atoms with Crippen molar-refractivity contribution in [2.75, 3.05) is 0 Å². The number of Topliss-reactive ketones (excluding diaryl/α,β-unsaturated/α-hetero) is 1. The summed E-state index contributed by atoms with van der Waals surface area (Å²) < 4.78 is 0. The minimum absolute atomic E-state index is 0.168. The van der Waals surface area contributed by atoms with E-state index in [1.807, 2.05) is 54.6 Å². The van der Waals surface area contributed by atoms with Crippen LogP contribution in [0.3, 0.4) is 0 Å². The molecule has 0 aromatic heterocycles. The number of nitrogens with zero attached hydrogens (tertiary/aromatic N) is 1. The van der Waals surface area contributed by atoms with E-state index in [1.165, 1.54) is 0 Å². The summed E-state index contributed by atoms with van der Waals surface area (Å²) >= 11 is 0. The number of hydrogen-bond donors (Lipinski definition) is 0. The zero-order valence-corrected chi connectivity index (χ0v) is 11.5. The van der Waals surface area contributed by atoms with Gasteiger partial charge in [0.25, 0.3) is 0 Å². The van der Waals surface area contributed by atoms with Gasteiger partial charge in [-0.3, -0.25) is 4.79 Å². The molecule has 0 aliphatic rings. The van der Waals surface area contributed by atoms with Gasteiger partial charge < -0.3 is 0 Å². The summed E-state index contributed by atoms with van der Waals surface area (Å²) in [6.07, 6.45) is 1.41. The van der Waals surface area contributed by atoms with Crippen molar-refractivity contribution < 1.29 is 4.79 Å². The number of rotatable bonds is 5. The molecule has 2 aromatic rings. The molecule has 0 bridgehead atoms. The second-order valence-corrected chi connectivity index (χ2v) is 4.83. The number of ketones is 1. The third-order valence-corrected chi connectivity index (χ3v) is 3.53. The van der Waals surface area contributed by atoms with E-state index in [9.17, 15) is 4.79 Å². The van der Waals surface area contributed by atoms with Crippen molar-refractivity contribution in [1.82, 2.24) is 0 Å². The summed E-state index contributed by atoms with van der Waals surface area (Å²) in [6, 6.07) is 19.0. The molecule has 0 amide bonds. The Morgan fingerprint density at radius 1 is 1.10 bits per heavy atom.